The zero-order valence-corrected chi connectivity index (χ0v) is 12.2. The standard InChI is InChI=1S/C15H19FN2O3/c1-15(14(17)20)5-6-18(9-15)8-12(19)11-7-10(16)3-4-13(11)21-2/h3-4,7H,5-6,8-9H2,1-2H3,(H2,17,20). The van der Waals surface area contributed by atoms with Gasteiger partial charge in [-0.3, -0.25) is 14.5 Å². The van der Waals surface area contributed by atoms with Crippen LogP contribution in [0.1, 0.15) is 23.7 Å². The molecule has 0 radical (unpaired) electrons. The van der Waals surface area contributed by atoms with Gasteiger partial charge in [-0.25, -0.2) is 4.39 Å². The first kappa shape index (κ1) is 15.4. The summed E-state index contributed by atoms with van der Waals surface area (Å²) < 4.78 is 18.4. The third-order valence-electron chi connectivity index (χ3n) is 3.98. The quantitative estimate of drug-likeness (QED) is 0.829. The summed E-state index contributed by atoms with van der Waals surface area (Å²) in [6.07, 6.45) is 0.621. The largest absolute Gasteiger partial charge is 0.496 e. The Balaban J connectivity index is 2.10. The summed E-state index contributed by atoms with van der Waals surface area (Å²) in [5, 5.41) is 0. The van der Waals surface area contributed by atoms with Gasteiger partial charge in [0, 0.05) is 6.54 Å². The molecular formula is C15H19FN2O3. The second-order valence-electron chi connectivity index (χ2n) is 5.65. The number of amides is 1. The zero-order valence-electron chi connectivity index (χ0n) is 12.2. The van der Waals surface area contributed by atoms with E-state index >= 15 is 0 Å². The Labute approximate surface area is 122 Å². The minimum absolute atomic E-state index is 0.114. The van der Waals surface area contributed by atoms with E-state index in [1.165, 1.54) is 25.3 Å². The number of rotatable bonds is 5. The maximum absolute atomic E-state index is 13.3. The lowest BCUT2D eigenvalue weighted by Crippen LogP contribution is -2.38. The van der Waals surface area contributed by atoms with Crippen molar-refractivity contribution in [3.8, 4) is 5.75 Å². The van der Waals surface area contributed by atoms with E-state index in [1.807, 2.05) is 4.90 Å². The van der Waals surface area contributed by atoms with Crippen LogP contribution in [0.5, 0.6) is 5.75 Å². The Morgan fingerprint density at radius 3 is 2.76 bits per heavy atom. The summed E-state index contributed by atoms with van der Waals surface area (Å²) in [6, 6.07) is 3.85. The summed E-state index contributed by atoms with van der Waals surface area (Å²) >= 11 is 0. The summed E-state index contributed by atoms with van der Waals surface area (Å²) in [4.78, 5) is 25.6. The molecule has 0 bridgehead atoms. The summed E-state index contributed by atoms with van der Waals surface area (Å²) in [5.74, 6) is -0.735. The number of methoxy groups -OCH3 is 1. The van der Waals surface area contributed by atoms with Crippen molar-refractivity contribution in [1.82, 2.24) is 4.90 Å². The van der Waals surface area contributed by atoms with E-state index in [2.05, 4.69) is 0 Å². The van der Waals surface area contributed by atoms with Crippen molar-refractivity contribution < 1.29 is 18.7 Å². The Bertz CT molecular complexity index is 576. The van der Waals surface area contributed by atoms with Crippen molar-refractivity contribution in [2.24, 2.45) is 11.1 Å². The van der Waals surface area contributed by atoms with Crippen LogP contribution in [0.25, 0.3) is 0 Å². The minimum atomic E-state index is -0.605. The lowest BCUT2D eigenvalue weighted by Gasteiger charge is -2.20. The molecule has 1 aliphatic rings. The molecule has 1 aliphatic heterocycles. The van der Waals surface area contributed by atoms with Crippen molar-refractivity contribution in [3.05, 3.63) is 29.6 Å². The van der Waals surface area contributed by atoms with Gasteiger partial charge in [0.15, 0.2) is 5.78 Å². The van der Waals surface area contributed by atoms with Crippen LogP contribution in [0.15, 0.2) is 18.2 Å². The maximum Gasteiger partial charge on any atom is 0.224 e. The van der Waals surface area contributed by atoms with Gasteiger partial charge in [-0.05, 0) is 38.1 Å². The number of primary amides is 1. The number of Topliss-reactive ketones (excluding diaryl/α,β-unsaturated/α-hetero) is 1. The van der Waals surface area contributed by atoms with Crippen molar-refractivity contribution in [2.45, 2.75) is 13.3 Å². The van der Waals surface area contributed by atoms with Gasteiger partial charge in [-0.1, -0.05) is 0 Å². The smallest absolute Gasteiger partial charge is 0.224 e. The summed E-state index contributed by atoms with van der Waals surface area (Å²) in [7, 11) is 1.43. The first-order valence-electron chi connectivity index (χ1n) is 6.75. The SMILES string of the molecule is COc1ccc(F)cc1C(=O)CN1CCC(C)(C(N)=O)C1. The molecule has 114 valence electrons. The molecule has 5 nitrogen and oxygen atoms in total. The highest BCUT2D eigenvalue weighted by Crippen LogP contribution is 2.30. The van der Waals surface area contributed by atoms with Crippen molar-refractivity contribution in [1.29, 1.82) is 0 Å². The fourth-order valence-corrected chi connectivity index (χ4v) is 2.58. The fraction of sp³-hybridized carbons (Fsp3) is 0.467. The van der Waals surface area contributed by atoms with Crippen LogP contribution in [0, 0.1) is 11.2 Å². The van der Waals surface area contributed by atoms with Crippen LogP contribution in [0.3, 0.4) is 0 Å². The van der Waals surface area contributed by atoms with Gasteiger partial charge < -0.3 is 10.5 Å². The average molecular weight is 294 g/mol. The van der Waals surface area contributed by atoms with Gasteiger partial charge in [0.1, 0.15) is 11.6 Å². The van der Waals surface area contributed by atoms with E-state index in [-0.39, 0.29) is 23.8 Å². The predicted octanol–water partition coefficient (Wildman–Crippen LogP) is 1.21. The highest BCUT2D eigenvalue weighted by atomic mass is 19.1. The molecule has 2 N–H and O–H groups in total. The Morgan fingerprint density at radius 1 is 1.48 bits per heavy atom. The molecule has 21 heavy (non-hydrogen) atoms. The molecule has 2 rings (SSSR count). The van der Waals surface area contributed by atoms with E-state index in [1.54, 1.807) is 6.92 Å². The van der Waals surface area contributed by atoms with E-state index in [0.29, 0.717) is 25.3 Å². The summed E-state index contributed by atoms with van der Waals surface area (Å²) in [6.45, 7) is 2.96. The Hall–Kier alpha value is -1.95. The highest BCUT2D eigenvalue weighted by molar-refractivity contribution is 6.00. The summed E-state index contributed by atoms with van der Waals surface area (Å²) in [5.41, 5.74) is 4.99. The number of halogens is 1. The van der Waals surface area contributed by atoms with Crippen LogP contribution in [0.4, 0.5) is 4.39 Å². The molecule has 6 heteroatoms. The third-order valence-corrected chi connectivity index (χ3v) is 3.98. The maximum atomic E-state index is 13.3. The number of hydrogen-bond donors (Lipinski definition) is 1. The highest BCUT2D eigenvalue weighted by Gasteiger charge is 2.39. The van der Waals surface area contributed by atoms with Crippen LogP contribution < -0.4 is 10.5 Å². The Morgan fingerprint density at radius 2 is 2.19 bits per heavy atom. The number of benzene rings is 1. The van der Waals surface area contributed by atoms with Crippen LogP contribution in [-0.4, -0.2) is 43.3 Å². The minimum Gasteiger partial charge on any atom is -0.496 e. The molecule has 0 aromatic heterocycles. The van der Waals surface area contributed by atoms with Gasteiger partial charge in [-0.2, -0.15) is 0 Å². The van der Waals surface area contributed by atoms with Crippen molar-refractivity contribution >= 4 is 11.7 Å². The molecule has 1 amide bonds. The zero-order chi connectivity index (χ0) is 15.6. The number of carbonyl (C=O) groups is 2. The monoisotopic (exact) mass is 294 g/mol. The molecule has 1 fully saturated rings. The molecule has 1 saturated heterocycles. The molecular weight excluding hydrogens is 275 g/mol. The molecule has 1 heterocycles. The number of nitrogens with zero attached hydrogens (tertiary/aromatic N) is 1. The van der Waals surface area contributed by atoms with Gasteiger partial charge >= 0.3 is 0 Å². The molecule has 1 aromatic carbocycles. The third kappa shape index (κ3) is 3.21. The molecule has 0 spiro atoms. The van der Waals surface area contributed by atoms with Gasteiger partial charge in [-0.15, -0.1) is 0 Å². The molecule has 1 aromatic rings. The lowest BCUT2D eigenvalue weighted by atomic mass is 9.89. The number of ketones is 1. The lowest BCUT2D eigenvalue weighted by molar-refractivity contribution is -0.126. The molecule has 1 unspecified atom stereocenters. The number of hydrogen-bond acceptors (Lipinski definition) is 4. The second-order valence-corrected chi connectivity index (χ2v) is 5.65. The number of nitrogens with two attached hydrogens (primary N) is 1. The predicted molar refractivity (Wildman–Crippen MR) is 75.6 cm³/mol. The fourth-order valence-electron chi connectivity index (χ4n) is 2.58. The van der Waals surface area contributed by atoms with Crippen LogP contribution in [0.2, 0.25) is 0 Å². The van der Waals surface area contributed by atoms with Crippen molar-refractivity contribution in [2.75, 3.05) is 26.7 Å². The van der Waals surface area contributed by atoms with E-state index in [0.717, 1.165) is 0 Å². The first-order chi connectivity index (χ1) is 9.85. The second kappa shape index (κ2) is 5.81. The first-order valence-corrected chi connectivity index (χ1v) is 6.75. The Kier molecular flexibility index (Phi) is 4.27. The van der Waals surface area contributed by atoms with E-state index in [4.69, 9.17) is 10.5 Å². The van der Waals surface area contributed by atoms with Crippen LogP contribution in [-0.2, 0) is 4.79 Å². The van der Waals surface area contributed by atoms with Gasteiger partial charge in [0.05, 0.1) is 24.6 Å². The average Bonchev–Trinajstić information content (AvgIpc) is 2.81. The topological polar surface area (TPSA) is 72.6 Å². The van der Waals surface area contributed by atoms with Gasteiger partial charge in [0.2, 0.25) is 5.91 Å². The normalized spacial score (nSPS) is 22.2. The van der Waals surface area contributed by atoms with Crippen molar-refractivity contribution in [3.63, 3.8) is 0 Å². The number of ether oxygens (including phenoxy) is 1. The van der Waals surface area contributed by atoms with E-state index < -0.39 is 11.2 Å². The molecule has 0 aliphatic carbocycles. The number of likely N-dealkylation sites (tertiary alicyclic amines) is 1. The van der Waals surface area contributed by atoms with Gasteiger partial charge in [0.25, 0.3) is 0 Å². The number of carbonyl (C=O) groups excluding carboxylic acids is 2. The van der Waals surface area contributed by atoms with E-state index in [9.17, 15) is 14.0 Å². The molecule has 1 atom stereocenters. The molecule has 0 saturated carbocycles. The van der Waals surface area contributed by atoms with Crippen LogP contribution >= 0.6 is 0 Å².